The normalized spacial score (nSPS) is 18.2. The minimum absolute atomic E-state index is 0.00893. The van der Waals surface area contributed by atoms with Gasteiger partial charge in [-0.15, -0.1) is 0 Å². The SMILES string of the molecule is FC(F)(F)SCCNCC1Cc2cc(Cl)ccc2O1. The molecule has 0 radical (unpaired) electrons. The van der Waals surface area contributed by atoms with E-state index in [1.165, 1.54) is 0 Å². The average Bonchev–Trinajstić information content (AvgIpc) is 2.68. The third kappa shape index (κ3) is 4.78. The lowest BCUT2D eigenvalue weighted by Crippen LogP contribution is -2.31. The standard InChI is InChI=1S/C12H13ClF3NOS/c13-9-1-2-11-8(5-9)6-10(18-11)7-17-3-4-19-12(14,15)16/h1-2,5,10,17H,3-4,6-7H2. The second kappa shape index (κ2) is 6.24. The van der Waals surface area contributed by atoms with Crippen molar-refractivity contribution >= 4 is 23.4 Å². The maximum absolute atomic E-state index is 11.9. The molecule has 1 aromatic carbocycles. The van der Waals surface area contributed by atoms with Crippen molar-refractivity contribution in [3.63, 3.8) is 0 Å². The maximum atomic E-state index is 11.9. The van der Waals surface area contributed by atoms with Crippen molar-refractivity contribution in [2.45, 2.75) is 18.0 Å². The summed E-state index contributed by atoms with van der Waals surface area (Å²) in [4.78, 5) is 0. The Morgan fingerprint density at radius 3 is 2.95 bits per heavy atom. The van der Waals surface area contributed by atoms with Crippen LogP contribution in [-0.4, -0.2) is 30.5 Å². The Kier molecular flexibility index (Phi) is 4.86. The molecule has 0 fully saturated rings. The van der Waals surface area contributed by atoms with E-state index in [4.69, 9.17) is 16.3 Å². The van der Waals surface area contributed by atoms with E-state index in [1.807, 2.05) is 12.1 Å². The number of rotatable bonds is 5. The Labute approximate surface area is 118 Å². The van der Waals surface area contributed by atoms with Crippen molar-refractivity contribution in [3.05, 3.63) is 28.8 Å². The van der Waals surface area contributed by atoms with Gasteiger partial charge in [-0.1, -0.05) is 11.6 Å². The van der Waals surface area contributed by atoms with Crippen molar-refractivity contribution in [1.82, 2.24) is 5.32 Å². The summed E-state index contributed by atoms with van der Waals surface area (Å²) in [5, 5.41) is 3.63. The van der Waals surface area contributed by atoms with Gasteiger partial charge in [0.05, 0.1) is 0 Å². The number of fused-ring (bicyclic) bond motifs is 1. The van der Waals surface area contributed by atoms with Gasteiger partial charge in [0.25, 0.3) is 0 Å². The monoisotopic (exact) mass is 311 g/mol. The van der Waals surface area contributed by atoms with E-state index in [-0.39, 0.29) is 23.6 Å². The lowest BCUT2D eigenvalue weighted by atomic mass is 10.1. The molecular weight excluding hydrogens is 299 g/mol. The van der Waals surface area contributed by atoms with E-state index < -0.39 is 5.51 Å². The van der Waals surface area contributed by atoms with E-state index >= 15 is 0 Å². The van der Waals surface area contributed by atoms with Crippen molar-refractivity contribution in [2.75, 3.05) is 18.8 Å². The number of halogens is 4. The molecule has 1 N–H and O–H groups in total. The lowest BCUT2D eigenvalue weighted by molar-refractivity contribution is -0.0327. The van der Waals surface area contributed by atoms with Gasteiger partial charge in [-0.25, -0.2) is 0 Å². The van der Waals surface area contributed by atoms with E-state index in [9.17, 15) is 13.2 Å². The minimum atomic E-state index is -4.15. The molecule has 7 heteroatoms. The summed E-state index contributed by atoms with van der Waals surface area (Å²) in [6, 6.07) is 5.43. The average molecular weight is 312 g/mol. The molecular formula is C12H13ClF3NOS. The van der Waals surface area contributed by atoms with Crippen LogP contribution in [0.4, 0.5) is 13.2 Å². The van der Waals surface area contributed by atoms with Crippen LogP contribution >= 0.6 is 23.4 Å². The molecule has 0 amide bonds. The molecule has 0 spiro atoms. The van der Waals surface area contributed by atoms with Gasteiger partial charge >= 0.3 is 5.51 Å². The van der Waals surface area contributed by atoms with Gasteiger partial charge in [-0.2, -0.15) is 13.2 Å². The third-order valence-corrected chi connectivity index (χ3v) is 3.65. The number of nitrogens with one attached hydrogen (secondary N) is 1. The second-order valence-corrected chi connectivity index (χ2v) is 5.79. The zero-order chi connectivity index (χ0) is 13.9. The molecule has 106 valence electrons. The number of ether oxygens (including phenoxy) is 1. The Bertz CT molecular complexity index is 441. The molecule has 0 bridgehead atoms. The van der Waals surface area contributed by atoms with Crippen LogP contribution in [0.3, 0.4) is 0 Å². The summed E-state index contributed by atoms with van der Waals surface area (Å²) in [6.07, 6.45) is 0.694. The first-order valence-corrected chi connectivity index (χ1v) is 7.17. The van der Waals surface area contributed by atoms with Gasteiger partial charge in [0.2, 0.25) is 0 Å². The Balaban J connectivity index is 1.67. The molecule has 0 saturated carbocycles. The van der Waals surface area contributed by atoms with E-state index in [0.29, 0.717) is 18.1 Å². The first kappa shape index (κ1) is 14.8. The largest absolute Gasteiger partial charge is 0.488 e. The van der Waals surface area contributed by atoms with Gasteiger partial charge in [-0.3, -0.25) is 0 Å². The number of alkyl halides is 3. The fraction of sp³-hybridized carbons (Fsp3) is 0.500. The van der Waals surface area contributed by atoms with Gasteiger partial charge in [-0.05, 0) is 35.5 Å². The minimum Gasteiger partial charge on any atom is -0.488 e. The predicted molar refractivity (Wildman–Crippen MR) is 71.0 cm³/mol. The molecule has 2 rings (SSSR count). The van der Waals surface area contributed by atoms with Crippen molar-refractivity contribution in [3.8, 4) is 5.75 Å². The van der Waals surface area contributed by atoms with Crippen LogP contribution in [0.2, 0.25) is 5.02 Å². The summed E-state index contributed by atoms with van der Waals surface area (Å²) in [7, 11) is 0. The summed E-state index contributed by atoms with van der Waals surface area (Å²) in [6.45, 7) is 0.839. The Hall–Kier alpha value is -0.590. The van der Waals surface area contributed by atoms with Crippen molar-refractivity contribution in [1.29, 1.82) is 0 Å². The fourth-order valence-electron chi connectivity index (χ4n) is 1.90. The Morgan fingerprint density at radius 1 is 1.42 bits per heavy atom. The zero-order valence-corrected chi connectivity index (χ0v) is 11.5. The van der Waals surface area contributed by atoms with Crippen LogP contribution in [0, 0.1) is 0 Å². The maximum Gasteiger partial charge on any atom is 0.441 e. The topological polar surface area (TPSA) is 21.3 Å². The van der Waals surface area contributed by atoms with Crippen molar-refractivity contribution < 1.29 is 17.9 Å². The first-order chi connectivity index (χ1) is 8.94. The van der Waals surface area contributed by atoms with Gasteiger partial charge in [0.15, 0.2) is 0 Å². The number of hydrogen-bond acceptors (Lipinski definition) is 3. The van der Waals surface area contributed by atoms with E-state index in [0.717, 1.165) is 17.7 Å². The quantitative estimate of drug-likeness (QED) is 0.841. The van der Waals surface area contributed by atoms with Crippen LogP contribution in [-0.2, 0) is 6.42 Å². The third-order valence-electron chi connectivity index (χ3n) is 2.68. The molecule has 0 aromatic heterocycles. The fourth-order valence-corrected chi connectivity index (χ4v) is 2.58. The molecule has 1 aromatic rings. The number of hydrogen-bond donors (Lipinski definition) is 1. The van der Waals surface area contributed by atoms with E-state index in [2.05, 4.69) is 5.32 Å². The van der Waals surface area contributed by atoms with Crippen LogP contribution in [0.1, 0.15) is 5.56 Å². The molecule has 1 heterocycles. The first-order valence-electron chi connectivity index (χ1n) is 5.80. The molecule has 1 unspecified atom stereocenters. The molecule has 1 aliphatic rings. The van der Waals surface area contributed by atoms with E-state index in [1.54, 1.807) is 6.07 Å². The summed E-state index contributed by atoms with van der Waals surface area (Å²) in [5.74, 6) is 0.815. The lowest BCUT2D eigenvalue weighted by Gasteiger charge is -2.12. The van der Waals surface area contributed by atoms with Gasteiger partial charge in [0, 0.05) is 30.3 Å². The highest BCUT2D eigenvalue weighted by molar-refractivity contribution is 8.00. The molecule has 2 nitrogen and oxygen atoms in total. The highest BCUT2D eigenvalue weighted by Gasteiger charge is 2.27. The zero-order valence-electron chi connectivity index (χ0n) is 9.97. The summed E-state index contributed by atoms with van der Waals surface area (Å²) >= 11 is 5.86. The molecule has 1 atom stereocenters. The van der Waals surface area contributed by atoms with Crippen LogP contribution < -0.4 is 10.1 Å². The van der Waals surface area contributed by atoms with Crippen molar-refractivity contribution in [2.24, 2.45) is 0 Å². The van der Waals surface area contributed by atoms with Gasteiger partial charge < -0.3 is 10.1 Å². The number of thioether (sulfide) groups is 1. The highest BCUT2D eigenvalue weighted by atomic mass is 35.5. The summed E-state index contributed by atoms with van der Waals surface area (Å²) < 4.78 is 41.4. The van der Waals surface area contributed by atoms with Gasteiger partial charge in [0.1, 0.15) is 11.9 Å². The molecule has 19 heavy (non-hydrogen) atoms. The van der Waals surface area contributed by atoms with Crippen LogP contribution in [0.15, 0.2) is 18.2 Å². The number of benzene rings is 1. The van der Waals surface area contributed by atoms with Crippen LogP contribution in [0.25, 0.3) is 0 Å². The smallest absolute Gasteiger partial charge is 0.441 e. The molecule has 0 saturated heterocycles. The molecule has 0 aliphatic carbocycles. The molecule has 1 aliphatic heterocycles. The predicted octanol–water partition coefficient (Wildman–Crippen LogP) is 3.49. The highest BCUT2D eigenvalue weighted by Crippen LogP contribution is 2.31. The van der Waals surface area contributed by atoms with Crippen LogP contribution in [0.5, 0.6) is 5.75 Å². The second-order valence-electron chi connectivity index (χ2n) is 4.19. The summed E-state index contributed by atoms with van der Waals surface area (Å²) in [5.41, 5.74) is -3.11. The Morgan fingerprint density at radius 2 is 2.21 bits per heavy atom.